The van der Waals surface area contributed by atoms with Crippen LogP contribution in [0.25, 0.3) is 0 Å². The summed E-state index contributed by atoms with van der Waals surface area (Å²) in [5.41, 5.74) is 0. The molecule has 0 bridgehead atoms. The molecule has 0 amide bonds. The number of rotatable bonds is 8. The second-order valence-electron chi connectivity index (χ2n) is 3.25. The number of Topliss-reactive ketones (excluding diaryl/α,β-unsaturated/α-hetero) is 1. The zero-order valence-electron chi connectivity index (χ0n) is 8.51. The van der Waals surface area contributed by atoms with E-state index in [0.717, 1.165) is 0 Å². The monoisotopic (exact) mass is 214 g/mol. The Labute approximate surface area is 87.5 Å². The summed E-state index contributed by atoms with van der Waals surface area (Å²) in [5.74, 6) is -3.78. The van der Waals surface area contributed by atoms with Crippen molar-refractivity contribution in [3.05, 3.63) is 0 Å². The molecular formula is C10H14O5. The first-order valence-corrected chi connectivity index (χ1v) is 4.72. The second-order valence-corrected chi connectivity index (χ2v) is 3.25. The highest BCUT2D eigenvalue weighted by atomic mass is 16.4. The Morgan fingerprint density at radius 3 is 2.07 bits per heavy atom. The van der Waals surface area contributed by atoms with Crippen LogP contribution in [0.5, 0.6) is 0 Å². The van der Waals surface area contributed by atoms with Gasteiger partial charge in [0.25, 0.3) is 0 Å². The van der Waals surface area contributed by atoms with E-state index >= 15 is 0 Å². The molecule has 84 valence electrons. The topological polar surface area (TPSA) is 88.5 Å². The normalized spacial score (nSPS) is 13.9. The van der Waals surface area contributed by atoms with Crippen molar-refractivity contribution in [2.24, 2.45) is 11.8 Å². The molecule has 2 atom stereocenters. The largest absolute Gasteiger partial charge is 0.475 e. The third kappa shape index (κ3) is 4.01. The lowest BCUT2D eigenvalue weighted by atomic mass is 9.82. The molecule has 2 unspecified atom stereocenters. The van der Waals surface area contributed by atoms with Crippen molar-refractivity contribution in [3.8, 4) is 0 Å². The summed E-state index contributed by atoms with van der Waals surface area (Å²) < 4.78 is 0. The van der Waals surface area contributed by atoms with E-state index < -0.39 is 17.7 Å². The van der Waals surface area contributed by atoms with Crippen LogP contribution in [-0.4, -0.2) is 29.4 Å². The zero-order chi connectivity index (χ0) is 11.8. The summed E-state index contributed by atoms with van der Waals surface area (Å²) >= 11 is 0. The molecule has 0 heterocycles. The van der Waals surface area contributed by atoms with E-state index in [0.29, 0.717) is 19.0 Å². The lowest BCUT2D eigenvalue weighted by molar-refractivity contribution is -0.152. The van der Waals surface area contributed by atoms with Gasteiger partial charge >= 0.3 is 5.97 Å². The molecule has 5 nitrogen and oxygen atoms in total. The highest BCUT2D eigenvalue weighted by molar-refractivity contribution is 6.33. The SMILES string of the molecule is CCC(CC=O)C(CC=O)C(=O)C(=O)O. The standard InChI is InChI=1S/C10H14O5/c1-2-7(3-5-11)8(4-6-12)9(13)10(14)15/h5-8H,2-4H2,1H3,(H,14,15). The van der Waals surface area contributed by atoms with Crippen LogP contribution >= 0.6 is 0 Å². The molecule has 0 radical (unpaired) electrons. The Hall–Kier alpha value is -1.52. The summed E-state index contributed by atoms with van der Waals surface area (Å²) in [6, 6.07) is 0. The third-order valence-electron chi connectivity index (χ3n) is 2.39. The van der Waals surface area contributed by atoms with Crippen LogP contribution in [0, 0.1) is 11.8 Å². The number of carboxylic acids is 1. The highest BCUT2D eigenvalue weighted by Gasteiger charge is 2.30. The number of hydrogen-bond donors (Lipinski definition) is 1. The fourth-order valence-electron chi connectivity index (χ4n) is 1.51. The minimum atomic E-state index is -1.55. The van der Waals surface area contributed by atoms with Crippen molar-refractivity contribution in [2.75, 3.05) is 0 Å². The molecule has 0 aromatic heterocycles. The Bertz CT molecular complexity index is 259. The fourth-order valence-corrected chi connectivity index (χ4v) is 1.51. The van der Waals surface area contributed by atoms with E-state index in [4.69, 9.17) is 5.11 Å². The number of aldehydes is 2. The Morgan fingerprint density at radius 1 is 1.20 bits per heavy atom. The molecule has 0 saturated carbocycles. The molecule has 0 aliphatic carbocycles. The molecule has 0 aromatic carbocycles. The lowest BCUT2D eigenvalue weighted by Gasteiger charge is -2.19. The van der Waals surface area contributed by atoms with E-state index in [2.05, 4.69) is 0 Å². The van der Waals surface area contributed by atoms with Gasteiger partial charge in [0.05, 0.1) is 0 Å². The van der Waals surface area contributed by atoms with Gasteiger partial charge in [0.15, 0.2) is 0 Å². The Kier molecular flexibility index (Phi) is 6.17. The molecule has 5 heteroatoms. The first-order chi connectivity index (χ1) is 7.08. The maximum atomic E-state index is 11.2. The quantitative estimate of drug-likeness (QED) is 0.468. The van der Waals surface area contributed by atoms with Gasteiger partial charge in [-0.2, -0.15) is 0 Å². The second kappa shape index (κ2) is 6.86. The molecule has 0 fully saturated rings. The summed E-state index contributed by atoms with van der Waals surface area (Å²) in [6.45, 7) is 1.75. The number of carboxylic acid groups (broad SMARTS) is 1. The van der Waals surface area contributed by atoms with Crippen molar-refractivity contribution in [3.63, 3.8) is 0 Å². The predicted molar refractivity (Wildman–Crippen MR) is 51.3 cm³/mol. The number of hydrogen-bond acceptors (Lipinski definition) is 4. The molecule has 0 aliphatic rings. The number of ketones is 1. The van der Waals surface area contributed by atoms with Crippen LogP contribution in [0.4, 0.5) is 0 Å². The van der Waals surface area contributed by atoms with Crippen LogP contribution in [0.3, 0.4) is 0 Å². The van der Waals surface area contributed by atoms with Gasteiger partial charge in [-0.15, -0.1) is 0 Å². The van der Waals surface area contributed by atoms with E-state index in [1.807, 2.05) is 0 Å². The summed E-state index contributed by atoms with van der Waals surface area (Å²) in [6.07, 6.45) is 1.61. The van der Waals surface area contributed by atoms with Crippen molar-refractivity contribution in [1.82, 2.24) is 0 Å². The Balaban J connectivity index is 4.74. The molecule has 1 N–H and O–H groups in total. The lowest BCUT2D eigenvalue weighted by Crippen LogP contribution is -2.30. The van der Waals surface area contributed by atoms with Crippen LogP contribution < -0.4 is 0 Å². The van der Waals surface area contributed by atoms with Gasteiger partial charge in [-0.3, -0.25) is 4.79 Å². The summed E-state index contributed by atoms with van der Waals surface area (Å²) in [5, 5.41) is 8.54. The van der Waals surface area contributed by atoms with Crippen molar-refractivity contribution in [2.45, 2.75) is 26.2 Å². The van der Waals surface area contributed by atoms with Crippen LogP contribution in [-0.2, 0) is 19.2 Å². The van der Waals surface area contributed by atoms with Gasteiger partial charge in [-0.1, -0.05) is 13.3 Å². The minimum absolute atomic E-state index is 0.105. The van der Waals surface area contributed by atoms with Crippen molar-refractivity contribution >= 4 is 24.3 Å². The highest BCUT2D eigenvalue weighted by Crippen LogP contribution is 2.22. The van der Waals surface area contributed by atoms with Crippen LogP contribution in [0.2, 0.25) is 0 Å². The van der Waals surface area contributed by atoms with Gasteiger partial charge in [-0.05, 0) is 5.92 Å². The van der Waals surface area contributed by atoms with Crippen LogP contribution in [0.1, 0.15) is 26.2 Å². The van der Waals surface area contributed by atoms with Gasteiger partial charge in [0.1, 0.15) is 12.6 Å². The zero-order valence-corrected chi connectivity index (χ0v) is 8.51. The van der Waals surface area contributed by atoms with Crippen molar-refractivity contribution in [1.29, 1.82) is 0 Å². The van der Waals surface area contributed by atoms with E-state index in [9.17, 15) is 19.2 Å². The molecule has 0 aliphatic heterocycles. The average molecular weight is 214 g/mol. The number of carbonyl (C=O) groups is 4. The number of aliphatic carboxylic acids is 1. The molecule has 0 saturated heterocycles. The van der Waals surface area contributed by atoms with E-state index in [1.54, 1.807) is 6.92 Å². The van der Waals surface area contributed by atoms with Gasteiger partial charge in [-0.25, -0.2) is 4.79 Å². The van der Waals surface area contributed by atoms with E-state index in [-0.39, 0.29) is 18.8 Å². The smallest absolute Gasteiger partial charge is 0.372 e. The maximum Gasteiger partial charge on any atom is 0.372 e. The molecule has 0 aromatic rings. The summed E-state index contributed by atoms with van der Waals surface area (Å²) in [7, 11) is 0. The van der Waals surface area contributed by atoms with E-state index in [1.165, 1.54) is 0 Å². The molecule has 15 heavy (non-hydrogen) atoms. The molecule has 0 spiro atoms. The average Bonchev–Trinajstić information content (AvgIpc) is 2.22. The number of carbonyl (C=O) groups excluding carboxylic acids is 3. The first kappa shape index (κ1) is 13.5. The summed E-state index contributed by atoms with van der Waals surface area (Å²) in [4.78, 5) is 42.4. The molecule has 0 rings (SSSR count). The molecular weight excluding hydrogens is 200 g/mol. The predicted octanol–water partition coefficient (Wildman–Crippen LogP) is 0.460. The van der Waals surface area contributed by atoms with Gasteiger partial charge in [0, 0.05) is 18.8 Å². The van der Waals surface area contributed by atoms with Gasteiger partial charge < -0.3 is 14.7 Å². The fraction of sp³-hybridized carbons (Fsp3) is 0.600. The van der Waals surface area contributed by atoms with Crippen molar-refractivity contribution < 1.29 is 24.3 Å². The van der Waals surface area contributed by atoms with Crippen LogP contribution in [0.15, 0.2) is 0 Å². The first-order valence-electron chi connectivity index (χ1n) is 4.72. The third-order valence-corrected chi connectivity index (χ3v) is 2.39. The van der Waals surface area contributed by atoms with Gasteiger partial charge in [0.2, 0.25) is 5.78 Å². The minimum Gasteiger partial charge on any atom is -0.475 e. The Morgan fingerprint density at radius 2 is 1.73 bits per heavy atom. The maximum absolute atomic E-state index is 11.2.